The van der Waals surface area contributed by atoms with Crippen LogP contribution in [0.5, 0.6) is 5.75 Å². The fourth-order valence-corrected chi connectivity index (χ4v) is 2.44. The number of hydrogen-bond donors (Lipinski definition) is 0. The van der Waals surface area contributed by atoms with Crippen LogP contribution in [0.3, 0.4) is 0 Å². The molecule has 0 radical (unpaired) electrons. The number of rotatable bonds is 7. The van der Waals surface area contributed by atoms with Crippen LogP contribution in [0.1, 0.15) is 36.1 Å². The summed E-state index contributed by atoms with van der Waals surface area (Å²) < 4.78 is 10.5. The van der Waals surface area contributed by atoms with Crippen molar-refractivity contribution in [2.75, 3.05) is 20.8 Å². The fraction of sp³-hybridized carbons (Fsp3) is 0.364. The van der Waals surface area contributed by atoms with Crippen molar-refractivity contribution in [3.05, 3.63) is 69.8 Å². The minimum Gasteiger partial charge on any atom is -0.496 e. The van der Waals surface area contributed by atoms with E-state index in [1.807, 2.05) is 0 Å². The van der Waals surface area contributed by atoms with E-state index in [-0.39, 0.29) is 0 Å². The molecule has 0 aliphatic heterocycles. The lowest BCUT2D eigenvalue weighted by Gasteiger charge is -2.13. The monoisotopic (exact) mass is 326 g/mol. The van der Waals surface area contributed by atoms with Gasteiger partial charge in [-0.1, -0.05) is 47.6 Å². The van der Waals surface area contributed by atoms with E-state index in [9.17, 15) is 0 Å². The van der Waals surface area contributed by atoms with Gasteiger partial charge < -0.3 is 9.47 Å². The van der Waals surface area contributed by atoms with Crippen LogP contribution in [0, 0.1) is 20.8 Å². The van der Waals surface area contributed by atoms with Crippen LogP contribution in [0.2, 0.25) is 0 Å². The first-order valence-electron chi connectivity index (χ1n) is 8.24. The zero-order valence-electron chi connectivity index (χ0n) is 16.1. The van der Waals surface area contributed by atoms with E-state index >= 15 is 0 Å². The van der Waals surface area contributed by atoms with Gasteiger partial charge in [0.2, 0.25) is 0 Å². The van der Waals surface area contributed by atoms with Gasteiger partial charge in [0.05, 0.1) is 13.7 Å². The van der Waals surface area contributed by atoms with Gasteiger partial charge in [0.15, 0.2) is 0 Å². The normalized spacial score (nSPS) is 13.3. The van der Waals surface area contributed by atoms with Crippen LogP contribution in [0.25, 0.3) is 6.08 Å². The van der Waals surface area contributed by atoms with Gasteiger partial charge in [-0.2, -0.15) is 0 Å². The minimum atomic E-state index is 0.647. The Morgan fingerprint density at radius 3 is 2.33 bits per heavy atom. The van der Waals surface area contributed by atoms with Crippen molar-refractivity contribution >= 4 is 6.08 Å². The van der Waals surface area contributed by atoms with Gasteiger partial charge in [0.25, 0.3) is 0 Å². The molecule has 0 heterocycles. The van der Waals surface area contributed by atoms with E-state index < -0.39 is 0 Å². The maximum absolute atomic E-state index is 5.43. The molecular formula is C22H30O2. The van der Waals surface area contributed by atoms with Gasteiger partial charge in [-0.3, -0.25) is 0 Å². The zero-order chi connectivity index (χ0) is 18.1. The summed E-state index contributed by atoms with van der Waals surface area (Å²) in [7, 11) is 3.42. The Kier molecular flexibility index (Phi) is 8.28. The maximum atomic E-state index is 5.43. The highest BCUT2D eigenvalue weighted by Gasteiger charge is 2.08. The Labute approximate surface area is 147 Å². The first-order valence-corrected chi connectivity index (χ1v) is 8.24. The molecule has 0 amide bonds. The Morgan fingerprint density at radius 2 is 1.71 bits per heavy atom. The molecule has 130 valence electrons. The Bertz CT molecular complexity index is 674. The van der Waals surface area contributed by atoms with Crippen LogP contribution in [-0.4, -0.2) is 20.8 Å². The lowest BCUT2D eigenvalue weighted by Crippen LogP contribution is -1.95. The van der Waals surface area contributed by atoms with Gasteiger partial charge in [-0.25, -0.2) is 0 Å². The smallest absolute Gasteiger partial charge is 0.122 e. The largest absolute Gasteiger partial charge is 0.496 e. The molecule has 1 rings (SSSR count). The van der Waals surface area contributed by atoms with Gasteiger partial charge in [0.1, 0.15) is 5.75 Å². The highest BCUT2D eigenvalue weighted by atomic mass is 16.5. The second kappa shape index (κ2) is 9.94. The summed E-state index contributed by atoms with van der Waals surface area (Å²) in [6, 6.07) is 2.10. The maximum Gasteiger partial charge on any atom is 0.122 e. The molecule has 2 nitrogen and oxygen atoms in total. The average molecular weight is 326 g/mol. The topological polar surface area (TPSA) is 18.5 Å². The highest BCUT2D eigenvalue weighted by Crippen LogP contribution is 2.28. The Hall–Kier alpha value is -2.06. The minimum absolute atomic E-state index is 0.647. The standard InChI is InChI=1S/C22H30O2/c1-16(9-8-10-17(2)13-14-23-6)11-12-21-18(3)15-22(24-7)20(5)19(21)4/h8-13,15H,14H2,1-7H3/b10-8-,12-11-,16-9-,17-13-. The first kappa shape index (κ1) is 20.0. The summed E-state index contributed by atoms with van der Waals surface area (Å²) in [5.74, 6) is 0.954. The number of allylic oxidation sites excluding steroid dienone is 6. The van der Waals surface area contributed by atoms with E-state index in [1.165, 1.54) is 33.4 Å². The van der Waals surface area contributed by atoms with Gasteiger partial charge in [-0.05, 0) is 62.9 Å². The van der Waals surface area contributed by atoms with Crippen LogP contribution in [0.4, 0.5) is 0 Å². The molecule has 0 aliphatic carbocycles. The average Bonchev–Trinajstić information content (AvgIpc) is 2.56. The van der Waals surface area contributed by atoms with Crippen molar-refractivity contribution in [3.8, 4) is 5.75 Å². The highest BCUT2D eigenvalue weighted by molar-refractivity contribution is 5.64. The molecule has 2 heteroatoms. The molecule has 0 saturated heterocycles. The fourth-order valence-electron chi connectivity index (χ4n) is 2.44. The van der Waals surface area contributed by atoms with E-state index in [0.717, 1.165) is 5.75 Å². The van der Waals surface area contributed by atoms with Gasteiger partial charge in [0, 0.05) is 7.11 Å². The van der Waals surface area contributed by atoms with Gasteiger partial charge in [-0.15, -0.1) is 0 Å². The van der Waals surface area contributed by atoms with E-state index in [2.05, 4.69) is 77.1 Å². The third-order valence-corrected chi connectivity index (χ3v) is 4.13. The number of ether oxygens (including phenoxy) is 2. The van der Waals surface area contributed by atoms with E-state index in [0.29, 0.717) is 6.61 Å². The molecular weight excluding hydrogens is 296 g/mol. The molecule has 0 bridgehead atoms. The molecule has 0 N–H and O–H groups in total. The summed E-state index contributed by atoms with van der Waals surface area (Å²) in [6.07, 6.45) is 12.7. The second-order valence-corrected chi connectivity index (χ2v) is 6.07. The van der Waals surface area contributed by atoms with E-state index in [4.69, 9.17) is 9.47 Å². The SMILES string of the molecule is COC\C=C(C)/C=C\C=C(C)/C=C\c1c(C)cc(OC)c(C)c1C. The van der Waals surface area contributed by atoms with E-state index in [1.54, 1.807) is 14.2 Å². The van der Waals surface area contributed by atoms with Crippen molar-refractivity contribution in [1.82, 2.24) is 0 Å². The number of benzene rings is 1. The molecule has 0 aliphatic rings. The lowest BCUT2D eigenvalue weighted by atomic mass is 9.96. The quantitative estimate of drug-likeness (QED) is 0.596. The number of methoxy groups -OCH3 is 2. The molecule has 1 aromatic carbocycles. The molecule has 0 unspecified atom stereocenters. The third kappa shape index (κ3) is 5.86. The Balaban J connectivity index is 2.91. The molecule has 0 saturated carbocycles. The summed E-state index contributed by atoms with van der Waals surface area (Å²) in [5.41, 5.74) is 7.36. The third-order valence-electron chi connectivity index (χ3n) is 4.13. The molecule has 0 aromatic heterocycles. The van der Waals surface area contributed by atoms with Crippen molar-refractivity contribution in [2.24, 2.45) is 0 Å². The van der Waals surface area contributed by atoms with Crippen molar-refractivity contribution < 1.29 is 9.47 Å². The second-order valence-electron chi connectivity index (χ2n) is 6.07. The van der Waals surface area contributed by atoms with Gasteiger partial charge >= 0.3 is 0 Å². The number of aryl methyl sites for hydroxylation is 1. The van der Waals surface area contributed by atoms with Crippen molar-refractivity contribution in [2.45, 2.75) is 34.6 Å². The number of hydrogen-bond acceptors (Lipinski definition) is 2. The van der Waals surface area contributed by atoms with Crippen LogP contribution in [0.15, 0.2) is 47.6 Å². The molecule has 0 atom stereocenters. The lowest BCUT2D eigenvalue weighted by molar-refractivity contribution is 0.233. The summed E-state index contributed by atoms with van der Waals surface area (Å²) in [5, 5.41) is 0. The molecule has 1 aromatic rings. The van der Waals surface area contributed by atoms with Crippen LogP contribution >= 0.6 is 0 Å². The molecule has 24 heavy (non-hydrogen) atoms. The zero-order valence-corrected chi connectivity index (χ0v) is 16.1. The molecule has 0 spiro atoms. The summed E-state index contributed by atoms with van der Waals surface area (Å²) in [6.45, 7) is 11.2. The first-order chi connectivity index (χ1) is 11.4. The summed E-state index contributed by atoms with van der Waals surface area (Å²) >= 11 is 0. The predicted molar refractivity (Wildman–Crippen MR) is 105 cm³/mol. The summed E-state index contributed by atoms with van der Waals surface area (Å²) in [4.78, 5) is 0. The van der Waals surface area contributed by atoms with Crippen LogP contribution < -0.4 is 4.74 Å². The Morgan fingerprint density at radius 1 is 1.00 bits per heavy atom. The van der Waals surface area contributed by atoms with Crippen LogP contribution in [-0.2, 0) is 4.74 Å². The van der Waals surface area contributed by atoms with Crippen molar-refractivity contribution in [1.29, 1.82) is 0 Å². The predicted octanol–water partition coefficient (Wildman–Crippen LogP) is 5.73. The molecule has 0 fully saturated rings. The van der Waals surface area contributed by atoms with Crippen molar-refractivity contribution in [3.63, 3.8) is 0 Å².